The maximum absolute atomic E-state index is 13.0. The first-order chi connectivity index (χ1) is 9.06. The first kappa shape index (κ1) is 14.3. The molecule has 0 atom stereocenters. The lowest BCUT2D eigenvalue weighted by Crippen LogP contribution is -2.01. The smallest absolute Gasteiger partial charge is 0.124 e. The van der Waals surface area contributed by atoms with E-state index in [1.807, 2.05) is 0 Å². The first-order valence-electron chi connectivity index (χ1n) is 6.34. The number of hydrogen-bond donors (Lipinski definition) is 1. The molecule has 0 fully saturated rings. The number of halogens is 2. The molecule has 1 N–H and O–H groups in total. The second kappa shape index (κ2) is 6.37. The molecule has 0 spiro atoms. The van der Waals surface area contributed by atoms with Crippen LogP contribution in [-0.2, 0) is 6.54 Å². The molecular weight excluding hydrogens is 352 g/mol. The topological polar surface area (TPSA) is 12.0 Å². The highest BCUT2D eigenvalue weighted by atomic mass is 127. The van der Waals surface area contributed by atoms with Crippen molar-refractivity contribution in [2.24, 2.45) is 0 Å². The van der Waals surface area contributed by atoms with Crippen molar-refractivity contribution in [3.05, 3.63) is 63.0 Å². The molecule has 1 nitrogen and oxygen atoms in total. The molecule has 0 aliphatic carbocycles. The van der Waals surface area contributed by atoms with Crippen molar-refractivity contribution < 1.29 is 4.39 Å². The fraction of sp³-hybridized carbons (Fsp3) is 0.250. The number of nitrogens with one attached hydrogen (secondary N) is 1. The summed E-state index contributed by atoms with van der Waals surface area (Å²) < 4.78 is 13.9. The lowest BCUT2D eigenvalue weighted by atomic mass is 10.0. The zero-order valence-corrected chi connectivity index (χ0v) is 13.2. The van der Waals surface area contributed by atoms with Crippen LogP contribution in [0.25, 0.3) is 0 Å². The van der Waals surface area contributed by atoms with Crippen molar-refractivity contribution in [1.29, 1.82) is 0 Å². The van der Waals surface area contributed by atoms with Gasteiger partial charge in [-0.3, -0.25) is 0 Å². The first-order valence-corrected chi connectivity index (χ1v) is 7.42. The van der Waals surface area contributed by atoms with Crippen molar-refractivity contribution in [2.75, 3.05) is 5.32 Å². The fourth-order valence-electron chi connectivity index (χ4n) is 1.85. The third-order valence-corrected chi connectivity index (χ3v) is 3.95. The molecule has 100 valence electrons. The minimum Gasteiger partial charge on any atom is -0.380 e. The van der Waals surface area contributed by atoms with E-state index in [9.17, 15) is 4.39 Å². The fourth-order valence-corrected chi connectivity index (χ4v) is 2.52. The minimum absolute atomic E-state index is 0.198. The normalized spacial score (nSPS) is 10.8. The summed E-state index contributed by atoms with van der Waals surface area (Å²) in [5.41, 5.74) is 3.54. The van der Waals surface area contributed by atoms with E-state index in [0.29, 0.717) is 5.92 Å². The minimum atomic E-state index is -0.198. The Labute approximate surface area is 127 Å². The van der Waals surface area contributed by atoms with Crippen LogP contribution in [0.5, 0.6) is 0 Å². The number of benzene rings is 2. The molecule has 2 aromatic carbocycles. The Kier molecular flexibility index (Phi) is 4.80. The Bertz CT molecular complexity index is 549. The molecule has 0 aliphatic heterocycles. The number of rotatable bonds is 4. The molecule has 0 saturated heterocycles. The largest absolute Gasteiger partial charge is 0.380 e. The van der Waals surface area contributed by atoms with Crippen LogP contribution in [0.1, 0.15) is 30.9 Å². The van der Waals surface area contributed by atoms with E-state index in [1.54, 1.807) is 6.07 Å². The lowest BCUT2D eigenvalue weighted by molar-refractivity contribution is 0.627. The standard InChI is InChI=1S/C16H17FIN/c1-11(2)13-5-3-12(4-6-13)10-19-16-8-7-14(17)9-15(16)18/h3-9,11,19H,10H2,1-2H3. The SMILES string of the molecule is CC(C)c1ccc(CNc2ccc(F)cc2I)cc1. The highest BCUT2D eigenvalue weighted by molar-refractivity contribution is 14.1. The van der Waals surface area contributed by atoms with Gasteiger partial charge in [0, 0.05) is 15.8 Å². The van der Waals surface area contributed by atoms with Gasteiger partial charge in [0.05, 0.1) is 0 Å². The summed E-state index contributed by atoms with van der Waals surface area (Å²) in [5, 5.41) is 3.33. The third-order valence-electron chi connectivity index (χ3n) is 3.06. The van der Waals surface area contributed by atoms with Crippen LogP contribution >= 0.6 is 22.6 Å². The molecule has 2 rings (SSSR count). The Hall–Kier alpha value is -1.10. The van der Waals surface area contributed by atoms with E-state index in [0.717, 1.165) is 15.8 Å². The van der Waals surface area contributed by atoms with Crippen LogP contribution in [-0.4, -0.2) is 0 Å². The quantitative estimate of drug-likeness (QED) is 0.734. The maximum atomic E-state index is 13.0. The predicted molar refractivity (Wildman–Crippen MR) is 87.0 cm³/mol. The van der Waals surface area contributed by atoms with Crippen LogP contribution in [0.4, 0.5) is 10.1 Å². The molecule has 0 aliphatic rings. The van der Waals surface area contributed by atoms with E-state index in [4.69, 9.17) is 0 Å². The molecule has 0 unspecified atom stereocenters. The Morgan fingerprint density at radius 2 is 1.79 bits per heavy atom. The van der Waals surface area contributed by atoms with E-state index < -0.39 is 0 Å². The van der Waals surface area contributed by atoms with Gasteiger partial charge in [0.2, 0.25) is 0 Å². The summed E-state index contributed by atoms with van der Waals surface area (Å²) in [6.07, 6.45) is 0. The summed E-state index contributed by atoms with van der Waals surface area (Å²) in [6.45, 7) is 5.13. The zero-order valence-electron chi connectivity index (χ0n) is 11.1. The molecule has 19 heavy (non-hydrogen) atoms. The van der Waals surface area contributed by atoms with Gasteiger partial charge in [0.15, 0.2) is 0 Å². The molecule has 0 aromatic heterocycles. The van der Waals surface area contributed by atoms with Crippen LogP contribution in [0.3, 0.4) is 0 Å². The van der Waals surface area contributed by atoms with E-state index in [-0.39, 0.29) is 5.82 Å². The van der Waals surface area contributed by atoms with Gasteiger partial charge in [0.1, 0.15) is 5.82 Å². The van der Waals surface area contributed by atoms with Crippen molar-refractivity contribution >= 4 is 28.3 Å². The predicted octanol–water partition coefficient (Wildman–Crippen LogP) is 5.17. The third kappa shape index (κ3) is 3.93. The van der Waals surface area contributed by atoms with Crippen molar-refractivity contribution in [2.45, 2.75) is 26.3 Å². The summed E-state index contributed by atoms with van der Waals surface area (Å²) in [7, 11) is 0. The zero-order chi connectivity index (χ0) is 13.8. The van der Waals surface area contributed by atoms with E-state index in [1.165, 1.54) is 23.3 Å². The molecule has 0 amide bonds. The average Bonchev–Trinajstić information content (AvgIpc) is 2.38. The molecule has 0 radical (unpaired) electrons. The molecule has 3 heteroatoms. The van der Waals surface area contributed by atoms with E-state index in [2.05, 4.69) is 66.0 Å². The summed E-state index contributed by atoms with van der Waals surface area (Å²) in [5.74, 6) is 0.358. The van der Waals surface area contributed by atoms with Gasteiger partial charge < -0.3 is 5.32 Å². The number of hydrogen-bond acceptors (Lipinski definition) is 1. The monoisotopic (exact) mass is 369 g/mol. The van der Waals surface area contributed by atoms with Crippen molar-refractivity contribution in [3.63, 3.8) is 0 Å². The van der Waals surface area contributed by atoms with Crippen molar-refractivity contribution in [1.82, 2.24) is 0 Å². The van der Waals surface area contributed by atoms with Gasteiger partial charge in [-0.25, -0.2) is 4.39 Å². The average molecular weight is 369 g/mol. The van der Waals surface area contributed by atoms with Gasteiger partial charge in [-0.1, -0.05) is 38.1 Å². The van der Waals surface area contributed by atoms with Crippen LogP contribution in [0.15, 0.2) is 42.5 Å². The van der Waals surface area contributed by atoms with Gasteiger partial charge in [0.25, 0.3) is 0 Å². The number of anilines is 1. The van der Waals surface area contributed by atoms with Gasteiger partial charge in [-0.15, -0.1) is 0 Å². The van der Waals surface area contributed by atoms with Crippen LogP contribution in [0, 0.1) is 9.39 Å². The highest BCUT2D eigenvalue weighted by Crippen LogP contribution is 2.20. The molecule has 0 heterocycles. The Balaban J connectivity index is 2.02. The van der Waals surface area contributed by atoms with E-state index >= 15 is 0 Å². The maximum Gasteiger partial charge on any atom is 0.124 e. The molecule has 0 saturated carbocycles. The Morgan fingerprint density at radius 1 is 1.11 bits per heavy atom. The lowest BCUT2D eigenvalue weighted by Gasteiger charge is -2.10. The molecule has 2 aromatic rings. The summed E-state index contributed by atoms with van der Waals surface area (Å²) in [6, 6.07) is 13.4. The van der Waals surface area contributed by atoms with Gasteiger partial charge >= 0.3 is 0 Å². The van der Waals surface area contributed by atoms with Crippen LogP contribution < -0.4 is 5.32 Å². The summed E-state index contributed by atoms with van der Waals surface area (Å²) >= 11 is 2.14. The van der Waals surface area contributed by atoms with Crippen molar-refractivity contribution in [3.8, 4) is 0 Å². The van der Waals surface area contributed by atoms with Gasteiger partial charge in [-0.05, 0) is 57.8 Å². The molecule has 0 bridgehead atoms. The second-order valence-corrected chi connectivity index (χ2v) is 6.04. The second-order valence-electron chi connectivity index (χ2n) is 4.87. The molecular formula is C16H17FIN. The highest BCUT2D eigenvalue weighted by Gasteiger charge is 2.02. The van der Waals surface area contributed by atoms with Gasteiger partial charge in [-0.2, -0.15) is 0 Å². The Morgan fingerprint density at radius 3 is 2.37 bits per heavy atom. The van der Waals surface area contributed by atoms with Crippen LogP contribution in [0.2, 0.25) is 0 Å². The summed E-state index contributed by atoms with van der Waals surface area (Å²) in [4.78, 5) is 0.